The maximum absolute atomic E-state index is 13.1. The van der Waals surface area contributed by atoms with Crippen LogP contribution >= 0.6 is 11.3 Å². The second-order valence-corrected chi connectivity index (χ2v) is 11.7. The Labute approximate surface area is 239 Å². The molecule has 214 valence electrons. The number of hydrogen-bond donors (Lipinski definition) is 1. The van der Waals surface area contributed by atoms with Crippen LogP contribution in [0.5, 0.6) is 5.75 Å². The van der Waals surface area contributed by atoms with Gasteiger partial charge in [0, 0.05) is 42.5 Å². The molecule has 4 aromatic rings. The summed E-state index contributed by atoms with van der Waals surface area (Å²) >= 11 is 1.65. The van der Waals surface area contributed by atoms with Gasteiger partial charge in [0.1, 0.15) is 22.0 Å². The van der Waals surface area contributed by atoms with Crippen molar-refractivity contribution in [1.82, 2.24) is 39.6 Å². The fraction of sp³-hybridized carbons (Fsp3) is 0.536. The van der Waals surface area contributed by atoms with E-state index in [1.54, 1.807) is 23.0 Å². The number of carbonyl (C=O) groups excluding carboxylic acids is 1. The third kappa shape index (κ3) is 5.17. The minimum absolute atomic E-state index is 0.120. The van der Waals surface area contributed by atoms with Gasteiger partial charge in [-0.1, -0.05) is 39.0 Å². The molecule has 0 bridgehead atoms. The maximum Gasteiger partial charge on any atom is 0.237 e. The minimum atomic E-state index is 0.120. The van der Waals surface area contributed by atoms with Crippen LogP contribution in [0.4, 0.5) is 5.00 Å². The molecule has 0 unspecified atom stereocenters. The van der Waals surface area contributed by atoms with Crippen molar-refractivity contribution < 1.29 is 9.53 Å². The van der Waals surface area contributed by atoms with Crippen LogP contribution in [-0.2, 0) is 4.79 Å². The number of likely N-dealkylation sites (N-methyl/N-ethyl adjacent to an activating group) is 1. The van der Waals surface area contributed by atoms with E-state index in [2.05, 4.69) is 66.5 Å². The smallest absolute Gasteiger partial charge is 0.237 e. The second-order valence-electron chi connectivity index (χ2n) is 10.7. The Morgan fingerprint density at radius 2 is 1.98 bits per heavy atom. The molecule has 11 nitrogen and oxygen atoms in total. The van der Waals surface area contributed by atoms with Gasteiger partial charge in [-0.05, 0) is 38.9 Å². The molecule has 1 aliphatic rings. The fourth-order valence-corrected chi connectivity index (χ4v) is 6.53. The van der Waals surface area contributed by atoms with Crippen molar-refractivity contribution in [3.8, 4) is 27.7 Å². The van der Waals surface area contributed by atoms with Crippen LogP contribution < -0.4 is 9.64 Å². The largest absolute Gasteiger partial charge is 0.493 e. The van der Waals surface area contributed by atoms with Crippen LogP contribution in [0.1, 0.15) is 53.0 Å². The number of anilines is 1. The first-order chi connectivity index (χ1) is 19.2. The van der Waals surface area contributed by atoms with E-state index in [1.165, 1.54) is 6.33 Å². The molecule has 1 saturated heterocycles. The highest BCUT2D eigenvalue weighted by atomic mass is 32.1. The van der Waals surface area contributed by atoms with Crippen LogP contribution in [0, 0.1) is 0 Å². The highest BCUT2D eigenvalue weighted by Gasteiger charge is 2.33. The van der Waals surface area contributed by atoms with E-state index in [0.717, 1.165) is 52.2 Å². The molecule has 12 heteroatoms. The Balaban J connectivity index is 1.40. The van der Waals surface area contributed by atoms with E-state index < -0.39 is 0 Å². The number of fused-ring (bicyclic) bond motifs is 1. The summed E-state index contributed by atoms with van der Waals surface area (Å²) < 4.78 is 7.30. The summed E-state index contributed by atoms with van der Waals surface area (Å²) in [7, 11) is 1.63. The zero-order valence-electron chi connectivity index (χ0n) is 24.4. The Bertz CT molecular complexity index is 1470. The molecule has 5 heterocycles. The molecule has 0 radical (unpaired) electrons. The van der Waals surface area contributed by atoms with Gasteiger partial charge in [0.25, 0.3) is 0 Å². The third-order valence-corrected chi connectivity index (χ3v) is 8.81. The quantitative estimate of drug-likeness (QED) is 0.323. The Morgan fingerprint density at radius 3 is 2.67 bits per heavy atom. The van der Waals surface area contributed by atoms with Gasteiger partial charge in [0.05, 0.1) is 25.5 Å². The topological polar surface area (TPSA) is 108 Å². The lowest BCUT2D eigenvalue weighted by atomic mass is 9.97. The van der Waals surface area contributed by atoms with Crippen molar-refractivity contribution in [2.75, 3.05) is 44.7 Å². The first kappa shape index (κ1) is 28.0. The van der Waals surface area contributed by atoms with E-state index >= 15 is 0 Å². The SMILES string of the molecule is CCN(CC)CC(=O)N1C[C@@H](C)N(c2cnc(-c3n[nH]c(-c4cc(OC)c5ncnn5c4)c3C(C)C)s2)C[C@@H]1C. The van der Waals surface area contributed by atoms with E-state index in [-0.39, 0.29) is 23.9 Å². The summed E-state index contributed by atoms with van der Waals surface area (Å²) in [5.41, 5.74) is 4.45. The zero-order valence-corrected chi connectivity index (χ0v) is 25.2. The fourth-order valence-electron chi connectivity index (χ4n) is 5.50. The molecule has 0 aromatic carbocycles. The number of piperazine rings is 1. The average Bonchev–Trinajstić information content (AvgIpc) is 3.71. The molecule has 1 aliphatic heterocycles. The molecular weight excluding hydrogens is 526 g/mol. The predicted molar refractivity (Wildman–Crippen MR) is 158 cm³/mol. The lowest BCUT2D eigenvalue weighted by Gasteiger charge is -2.45. The highest BCUT2D eigenvalue weighted by molar-refractivity contribution is 7.18. The first-order valence-corrected chi connectivity index (χ1v) is 14.8. The third-order valence-electron chi connectivity index (χ3n) is 7.77. The van der Waals surface area contributed by atoms with Gasteiger partial charge in [-0.3, -0.25) is 14.8 Å². The molecule has 1 fully saturated rings. The van der Waals surface area contributed by atoms with Crippen LogP contribution in [0.2, 0.25) is 0 Å². The van der Waals surface area contributed by atoms with Gasteiger partial charge in [-0.2, -0.15) is 10.2 Å². The molecule has 0 aliphatic carbocycles. The van der Waals surface area contributed by atoms with E-state index in [1.807, 2.05) is 23.4 Å². The van der Waals surface area contributed by atoms with Gasteiger partial charge < -0.3 is 14.5 Å². The van der Waals surface area contributed by atoms with Gasteiger partial charge in [0.15, 0.2) is 11.4 Å². The van der Waals surface area contributed by atoms with Crippen LogP contribution in [0.3, 0.4) is 0 Å². The number of ether oxygens (including phenoxy) is 1. The van der Waals surface area contributed by atoms with Gasteiger partial charge in [-0.15, -0.1) is 0 Å². The number of pyridine rings is 1. The lowest BCUT2D eigenvalue weighted by Crippen LogP contribution is -2.59. The van der Waals surface area contributed by atoms with E-state index in [0.29, 0.717) is 24.5 Å². The monoisotopic (exact) mass is 565 g/mol. The number of amides is 1. The van der Waals surface area contributed by atoms with E-state index in [4.69, 9.17) is 14.8 Å². The molecule has 4 aromatic heterocycles. The van der Waals surface area contributed by atoms with Crippen LogP contribution in [0.15, 0.2) is 24.8 Å². The van der Waals surface area contributed by atoms with Crippen molar-refractivity contribution in [2.45, 2.75) is 59.5 Å². The van der Waals surface area contributed by atoms with Crippen LogP contribution in [-0.4, -0.2) is 97.4 Å². The molecule has 1 amide bonds. The van der Waals surface area contributed by atoms with Crippen molar-refractivity contribution in [2.24, 2.45) is 0 Å². The summed E-state index contributed by atoms with van der Waals surface area (Å²) in [6.45, 7) is 16.6. The van der Waals surface area contributed by atoms with Gasteiger partial charge >= 0.3 is 0 Å². The number of thiazole rings is 1. The van der Waals surface area contributed by atoms with E-state index in [9.17, 15) is 4.79 Å². The molecule has 0 spiro atoms. The molecule has 40 heavy (non-hydrogen) atoms. The molecule has 5 rings (SSSR count). The van der Waals surface area contributed by atoms with Crippen molar-refractivity contribution >= 4 is 27.9 Å². The number of hydrogen-bond acceptors (Lipinski definition) is 9. The number of carbonyl (C=O) groups is 1. The summed E-state index contributed by atoms with van der Waals surface area (Å²) in [6, 6.07) is 2.27. The number of aromatic amines is 1. The second kappa shape index (κ2) is 11.5. The number of H-pyrrole nitrogens is 1. The number of nitrogens with zero attached hydrogens (tertiary/aromatic N) is 8. The van der Waals surface area contributed by atoms with Crippen LogP contribution in [0.25, 0.3) is 27.6 Å². The average molecular weight is 566 g/mol. The summed E-state index contributed by atoms with van der Waals surface area (Å²) in [5, 5.41) is 14.3. The Kier molecular flexibility index (Phi) is 8.09. The minimum Gasteiger partial charge on any atom is -0.493 e. The number of rotatable bonds is 9. The summed E-state index contributed by atoms with van der Waals surface area (Å²) in [4.78, 5) is 28.8. The number of methoxy groups -OCH3 is 1. The summed E-state index contributed by atoms with van der Waals surface area (Å²) in [5.74, 6) is 1.06. The molecular formula is C28H39N9O2S. The van der Waals surface area contributed by atoms with Gasteiger partial charge in [0.2, 0.25) is 5.91 Å². The lowest BCUT2D eigenvalue weighted by molar-refractivity contribution is -0.135. The van der Waals surface area contributed by atoms with Crippen molar-refractivity contribution in [3.63, 3.8) is 0 Å². The van der Waals surface area contributed by atoms with Crippen molar-refractivity contribution in [1.29, 1.82) is 0 Å². The van der Waals surface area contributed by atoms with Crippen molar-refractivity contribution in [3.05, 3.63) is 30.4 Å². The Hall–Kier alpha value is -3.51. The molecule has 2 atom stereocenters. The Morgan fingerprint density at radius 1 is 1.20 bits per heavy atom. The predicted octanol–water partition coefficient (Wildman–Crippen LogP) is 4.14. The first-order valence-electron chi connectivity index (χ1n) is 14.0. The molecule has 0 saturated carbocycles. The number of nitrogens with one attached hydrogen (secondary N) is 1. The maximum atomic E-state index is 13.1. The number of aromatic nitrogens is 6. The zero-order chi connectivity index (χ0) is 28.6. The summed E-state index contributed by atoms with van der Waals surface area (Å²) in [6.07, 6.45) is 5.40. The standard InChI is InChI=1S/C28H39N9O2S/c1-8-34(9-2)15-22(38)35-12-19(6)36(13-18(35)5)23-11-29-28(40-23)26-24(17(3)4)25(32-33-26)20-10-21(39-7)27-30-16-31-37(27)14-20/h10-11,14,16-19H,8-9,12-13,15H2,1-7H3,(H,32,33)/t18-,19+/m0/s1. The normalized spacial score (nSPS) is 17.9. The highest BCUT2D eigenvalue weighted by Crippen LogP contribution is 2.40. The van der Waals surface area contributed by atoms with Gasteiger partial charge in [-0.25, -0.2) is 14.5 Å². The molecule has 1 N–H and O–H groups in total.